The van der Waals surface area contributed by atoms with Gasteiger partial charge in [0.1, 0.15) is 0 Å². The highest BCUT2D eigenvalue weighted by Crippen LogP contribution is 2.29. The van der Waals surface area contributed by atoms with E-state index in [-0.39, 0.29) is 16.8 Å². The van der Waals surface area contributed by atoms with Crippen molar-refractivity contribution in [2.75, 3.05) is 42.9 Å². The van der Waals surface area contributed by atoms with Crippen molar-refractivity contribution < 1.29 is 13.2 Å². The van der Waals surface area contributed by atoms with Gasteiger partial charge in [-0.3, -0.25) is 9.69 Å². The zero-order valence-electron chi connectivity index (χ0n) is 20.2. The average Bonchev–Trinajstić information content (AvgIpc) is 2.84. The summed E-state index contributed by atoms with van der Waals surface area (Å²) in [6, 6.07) is 14.3. The molecular formula is C26H35ClN4O3S. The van der Waals surface area contributed by atoms with Crippen molar-refractivity contribution in [3.8, 4) is 0 Å². The molecule has 190 valence electrons. The SMILES string of the molecule is CC(=O)Nc1ccc(S(=O)(=O)NC2CCC(CCN3CCN(c4cccc(Cl)c4)CC3)CC2)cc1. The summed E-state index contributed by atoms with van der Waals surface area (Å²) in [6.07, 6.45) is 5.02. The first-order valence-corrected chi connectivity index (χ1v) is 14.3. The molecule has 2 fully saturated rings. The number of sulfonamides is 1. The standard InChI is InChI=1S/C26H35ClN4O3S/c1-20(32)28-23-9-11-26(12-10-23)35(33,34)29-24-7-5-21(6-8-24)13-14-30-15-17-31(18-16-30)25-4-2-3-22(27)19-25/h2-4,9-12,19,21,24,29H,5-8,13-18H2,1H3,(H,28,32). The van der Waals surface area contributed by atoms with Crippen LogP contribution in [0.1, 0.15) is 39.0 Å². The quantitative estimate of drug-likeness (QED) is 0.543. The van der Waals surface area contributed by atoms with E-state index in [1.807, 2.05) is 18.2 Å². The fraction of sp³-hybridized carbons (Fsp3) is 0.500. The highest BCUT2D eigenvalue weighted by atomic mass is 35.5. The Hall–Kier alpha value is -2.13. The van der Waals surface area contributed by atoms with Crippen LogP contribution in [-0.2, 0) is 14.8 Å². The number of amides is 1. The summed E-state index contributed by atoms with van der Waals surface area (Å²) in [5, 5.41) is 3.43. The number of halogens is 1. The maximum absolute atomic E-state index is 12.8. The number of rotatable bonds is 8. The lowest BCUT2D eigenvalue weighted by atomic mass is 9.84. The van der Waals surface area contributed by atoms with Gasteiger partial charge in [-0.15, -0.1) is 0 Å². The van der Waals surface area contributed by atoms with Crippen LogP contribution in [0.4, 0.5) is 11.4 Å². The number of carbonyl (C=O) groups excluding carboxylic acids is 1. The molecule has 4 rings (SSSR count). The van der Waals surface area contributed by atoms with Gasteiger partial charge in [0.25, 0.3) is 0 Å². The van der Waals surface area contributed by atoms with Crippen LogP contribution in [0.25, 0.3) is 0 Å². The minimum atomic E-state index is -3.57. The molecule has 0 aromatic heterocycles. The third-order valence-electron chi connectivity index (χ3n) is 7.05. The number of benzene rings is 2. The van der Waals surface area contributed by atoms with Crippen LogP contribution in [0.2, 0.25) is 5.02 Å². The molecule has 0 atom stereocenters. The minimum Gasteiger partial charge on any atom is -0.369 e. The summed E-state index contributed by atoms with van der Waals surface area (Å²) >= 11 is 6.14. The fourth-order valence-corrected chi connectivity index (χ4v) is 6.53. The number of hydrogen-bond acceptors (Lipinski definition) is 5. The lowest BCUT2D eigenvalue weighted by Gasteiger charge is -2.37. The molecule has 1 aliphatic heterocycles. The second kappa shape index (κ2) is 11.7. The van der Waals surface area contributed by atoms with Crippen molar-refractivity contribution in [1.29, 1.82) is 0 Å². The van der Waals surface area contributed by atoms with Crippen LogP contribution in [0.5, 0.6) is 0 Å². The predicted octanol–water partition coefficient (Wildman–Crippen LogP) is 4.35. The fourth-order valence-electron chi connectivity index (χ4n) is 5.04. The number of carbonyl (C=O) groups is 1. The van der Waals surface area contributed by atoms with Gasteiger partial charge in [-0.25, -0.2) is 13.1 Å². The number of nitrogens with zero attached hydrogens (tertiary/aromatic N) is 2. The average molecular weight is 519 g/mol. The Kier molecular flexibility index (Phi) is 8.70. The third-order valence-corrected chi connectivity index (χ3v) is 8.82. The Morgan fingerprint density at radius 2 is 1.69 bits per heavy atom. The topological polar surface area (TPSA) is 81.7 Å². The van der Waals surface area contributed by atoms with Crippen LogP contribution in [0.15, 0.2) is 53.4 Å². The number of piperazine rings is 1. The van der Waals surface area contributed by atoms with Crippen molar-refractivity contribution in [2.45, 2.75) is 50.0 Å². The van der Waals surface area contributed by atoms with Crippen LogP contribution < -0.4 is 14.9 Å². The maximum Gasteiger partial charge on any atom is 0.240 e. The first-order chi connectivity index (χ1) is 16.8. The van der Waals surface area contributed by atoms with Gasteiger partial charge in [0.2, 0.25) is 15.9 Å². The maximum atomic E-state index is 12.8. The normalized spacial score (nSPS) is 21.6. The Bertz CT molecular complexity index is 1090. The Morgan fingerprint density at radius 3 is 2.31 bits per heavy atom. The van der Waals surface area contributed by atoms with Crippen molar-refractivity contribution in [3.63, 3.8) is 0 Å². The molecule has 7 nitrogen and oxygen atoms in total. The molecule has 2 N–H and O–H groups in total. The molecule has 1 aliphatic carbocycles. The van der Waals surface area contributed by atoms with E-state index in [2.05, 4.69) is 25.9 Å². The largest absolute Gasteiger partial charge is 0.369 e. The van der Waals surface area contributed by atoms with Crippen LogP contribution in [0.3, 0.4) is 0 Å². The molecule has 1 heterocycles. The third kappa shape index (κ3) is 7.43. The van der Waals surface area contributed by atoms with Crippen molar-refractivity contribution in [1.82, 2.24) is 9.62 Å². The van der Waals surface area contributed by atoms with Crippen LogP contribution in [0, 0.1) is 5.92 Å². The predicted molar refractivity (Wildman–Crippen MR) is 142 cm³/mol. The van der Waals surface area contributed by atoms with Gasteiger partial charge in [-0.1, -0.05) is 17.7 Å². The van der Waals surface area contributed by atoms with E-state index < -0.39 is 10.0 Å². The van der Waals surface area contributed by atoms with Crippen LogP contribution >= 0.6 is 11.6 Å². The van der Waals surface area contributed by atoms with E-state index in [4.69, 9.17) is 11.6 Å². The number of hydrogen-bond donors (Lipinski definition) is 2. The summed E-state index contributed by atoms with van der Waals surface area (Å²) < 4.78 is 28.4. The van der Waals surface area contributed by atoms with E-state index >= 15 is 0 Å². The van der Waals surface area contributed by atoms with Gasteiger partial charge in [-0.2, -0.15) is 0 Å². The molecule has 35 heavy (non-hydrogen) atoms. The lowest BCUT2D eigenvalue weighted by Crippen LogP contribution is -2.47. The number of anilines is 2. The molecule has 0 unspecified atom stereocenters. The van der Waals surface area contributed by atoms with E-state index in [0.29, 0.717) is 11.6 Å². The summed E-state index contributed by atoms with van der Waals surface area (Å²) in [5.41, 5.74) is 1.78. The summed E-state index contributed by atoms with van der Waals surface area (Å²) in [7, 11) is -3.57. The first kappa shape index (κ1) is 25.9. The summed E-state index contributed by atoms with van der Waals surface area (Å²) in [5.74, 6) is 0.467. The second-order valence-electron chi connectivity index (χ2n) is 9.64. The molecule has 0 spiro atoms. The van der Waals surface area contributed by atoms with Crippen molar-refractivity contribution in [2.24, 2.45) is 5.92 Å². The summed E-state index contributed by atoms with van der Waals surface area (Å²) in [4.78, 5) is 16.3. The molecule has 2 aliphatic rings. The van der Waals surface area contributed by atoms with Crippen LogP contribution in [-0.4, -0.2) is 58.0 Å². The zero-order chi connectivity index (χ0) is 24.8. The van der Waals surface area contributed by atoms with E-state index in [9.17, 15) is 13.2 Å². The van der Waals surface area contributed by atoms with E-state index in [0.717, 1.165) is 63.4 Å². The van der Waals surface area contributed by atoms with Gasteiger partial charge in [-0.05, 0) is 87.0 Å². The molecule has 9 heteroatoms. The van der Waals surface area contributed by atoms with Gasteiger partial charge >= 0.3 is 0 Å². The highest BCUT2D eigenvalue weighted by molar-refractivity contribution is 7.89. The highest BCUT2D eigenvalue weighted by Gasteiger charge is 2.26. The molecular weight excluding hydrogens is 484 g/mol. The van der Waals surface area contributed by atoms with Gasteiger partial charge in [0.05, 0.1) is 4.90 Å². The molecule has 0 bridgehead atoms. The molecule has 0 radical (unpaired) electrons. The monoisotopic (exact) mass is 518 g/mol. The Morgan fingerprint density at radius 1 is 1.00 bits per heavy atom. The lowest BCUT2D eigenvalue weighted by molar-refractivity contribution is -0.114. The summed E-state index contributed by atoms with van der Waals surface area (Å²) in [6.45, 7) is 6.67. The Balaban J connectivity index is 1.17. The molecule has 2 aromatic rings. The van der Waals surface area contributed by atoms with Gasteiger partial charge in [0.15, 0.2) is 0 Å². The molecule has 1 saturated heterocycles. The smallest absolute Gasteiger partial charge is 0.240 e. The van der Waals surface area contributed by atoms with Gasteiger partial charge < -0.3 is 10.2 Å². The van der Waals surface area contributed by atoms with Crippen molar-refractivity contribution in [3.05, 3.63) is 53.6 Å². The minimum absolute atomic E-state index is 0.0208. The van der Waals surface area contributed by atoms with Gasteiger partial charge in [0, 0.05) is 55.5 Å². The second-order valence-corrected chi connectivity index (χ2v) is 11.8. The molecule has 2 aromatic carbocycles. The molecule has 1 amide bonds. The van der Waals surface area contributed by atoms with E-state index in [1.165, 1.54) is 31.2 Å². The first-order valence-electron chi connectivity index (χ1n) is 12.4. The zero-order valence-corrected chi connectivity index (χ0v) is 21.8. The number of nitrogens with one attached hydrogen (secondary N) is 2. The molecule has 1 saturated carbocycles. The van der Waals surface area contributed by atoms with Crippen molar-refractivity contribution >= 4 is 38.9 Å². The van der Waals surface area contributed by atoms with E-state index in [1.54, 1.807) is 12.1 Å². The Labute approximate surface area is 213 Å².